The smallest absolute Gasteiger partial charge is 0.172 e. The number of nitriles is 1. The molecule has 0 radical (unpaired) electrons. The van der Waals surface area contributed by atoms with E-state index in [2.05, 4.69) is 28.4 Å². The number of ether oxygens (including phenoxy) is 1. The van der Waals surface area contributed by atoms with E-state index in [4.69, 9.17) is 21.9 Å². The average molecular weight is 378 g/mol. The highest BCUT2D eigenvalue weighted by Crippen LogP contribution is 2.28. The lowest BCUT2D eigenvalue weighted by Crippen LogP contribution is -2.29. The van der Waals surface area contributed by atoms with Gasteiger partial charge in [0.15, 0.2) is 16.7 Å². The molecule has 2 aromatic heterocycles. The van der Waals surface area contributed by atoms with Gasteiger partial charge in [-0.25, -0.2) is 4.98 Å². The molecule has 2 N–H and O–H groups in total. The zero-order chi connectivity index (χ0) is 19.4. The number of hydrogen-bond donors (Lipinski definition) is 2. The summed E-state index contributed by atoms with van der Waals surface area (Å²) in [5, 5.41) is 21.1. The second-order valence-corrected chi connectivity index (χ2v) is 6.12. The van der Waals surface area contributed by atoms with Crippen molar-refractivity contribution in [2.24, 2.45) is 0 Å². The Balaban J connectivity index is 2.11. The number of methoxy groups -OCH3 is 1. The molecule has 8 heteroatoms. The van der Waals surface area contributed by atoms with Crippen LogP contribution in [0.25, 0.3) is 16.7 Å². The molecule has 0 saturated heterocycles. The van der Waals surface area contributed by atoms with E-state index in [0.717, 1.165) is 16.5 Å². The molecule has 0 bridgehead atoms. The van der Waals surface area contributed by atoms with E-state index in [1.807, 2.05) is 31.2 Å². The SMILES string of the molecule is C=CCNC(=S)Nc1c(C#N)cnn1-c1cc(C)c2cccc(OC)c2n1. The Morgan fingerprint density at radius 1 is 1.48 bits per heavy atom. The van der Waals surface area contributed by atoms with Crippen LogP contribution in [0.2, 0.25) is 0 Å². The molecular weight excluding hydrogens is 360 g/mol. The van der Waals surface area contributed by atoms with Crippen molar-refractivity contribution in [2.75, 3.05) is 19.0 Å². The minimum absolute atomic E-state index is 0.359. The maximum Gasteiger partial charge on any atom is 0.172 e. The van der Waals surface area contributed by atoms with Crippen LogP contribution in [-0.2, 0) is 0 Å². The van der Waals surface area contributed by atoms with Crippen LogP contribution in [0.1, 0.15) is 11.1 Å². The predicted octanol–water partition coefficient (Wildman–Crippen LogP) is 3.08. The average Bonchev–Trinajstić information content (AvgIpc) is 3.08. The first-order valence-electron chi connectivity index (χ1n) is 8.17. The van der Waals surface area contributed by atoms with Crippen molar-refractivity contribution < 1.29 is 4.74 Å². The third-order valence-electron chi connectivity index (χ3n) is 3.96. The van der Waals surface area contributed by atoms with Gasteiger partial charge in [-0.2, -0.15) is 15.0 Å². The molecule has 0 unspecified atom stereocenters. The Morgan fingerprint density at radius 2 is 2.30 bits per heavy atom. The summed E-state index contributed by atoms with van der Waals surface area (Å²) in [6.07, 6.45) is 3.17. The third-order valence-corrected chi connectivity index (χ3v) is 4.21. The maximum atomic E-state index is 9.41. The molecule has 0 spiro atoms. The summed E-state index contributed by atoms with van der Waals surface area (Å²) in [6, 6.07) is 9.79. The Hall–Kier alpha value is -3.44. The molecule has 3 aromatic rings. The van der Waals surface area contributed by atoms with Gasteiger partial charge in [-0.1, -0.05) is 18.2 Å². The third kappa shape index (κ3) is 3.59. The maximum absolute atomic E-state index is 9.41. The molecule has 0 aliphatic rings. The quantitative estimate of drug-likeness (QED) is 0.521. The van der Waals surface area contributed by atoms with E-state index in [-0.39, 0.29) is 0 Å². The standard InChI is InChI=1S/C19H18N6OS/c1-4-8-21-19(27)24-18-13(10-20)11-22-25(18)16-9-12(2)14-6-5-7-15(26-3)17(14)23-16/h4-7,9,11H,1,8H2,2-3H3,(H2,21,24,27). The highest BCUT2D eigenvalue weighted by Gasteiger charge is 2.16. The second-order valence-electron chi connectivity index (χ2n) is 5.71. The highest BCUT2D eigenvalue weighted by atomic mass is 32.1. The normalized spacial score (nSPS) is 10.3. The Morgan fingerprint density at radius 3 is 3.00 bits per heavy atom. The number of aryl methyl sites for hydroxylation is 1. The number of aromatic nitrogens is 3. The van der Waals surface area contributed by atoms with E-state index in [9.17, 15) is 5.26 Å². The number of pyridine rings is 1. The topological polar surface area (TPSA) is 87.8 Å². The Kier molecular flexibility index (Phi) is 5.33. The molecule has 136 valence electrons. The number of anilines is 1. The molecule has 0 fully saturated rings. The second kappa shape index (κ2) is 7.85. The zero-order valence-electron chi connectivity index (χ0n) is 15.0. The molecule has 0 aliphatic heterocycles. The number of fused-ring (bicyclic) bond motifs is 1. The van der Waals surface area contributed by atoms with Crippen LogP contribution in [0.3, 0.4) is 0 Å². The molecule has 7 nitrogen and oxygen atoms in total. The monoisotopic (exact) mass is 378 g/mol. The minimum Gasteiger partial charge on any atom is -0.494 e. The lowest BCUT2D eigenvalue weighted by Gasteiger charge is -2.13. The van der Waals surface area contributed by atoms with Gasteiger partial charge in [-0.05, 0) is 36.8 Å². The van der Waals surface area contributed by atoms with Crippen LogP contribution >= 0.6 is 12.2 Å². The fraction of sp³-hybridized carbons (Fsp3) is 0.158. The van der Waals surface area contributed by atoms with Gasteiger partial charge in [0, 0.05) is 11.9 Å². The number of rotatable bonds is 5. The fourth-order valence-electron chi connectivity index (χ4n) is 2.69. The van der Waals surface area contributed by atoms with Crippen LogP contribution in [0.15, 0.2) is 43.1 Å². The molecule has 1 aromatic carbocycles. The minimum atomic E-state index is 0.359. The molecule has 0 aliphatic carbocycles. The van der Waals surface area contributed by atoms with Gasteiger partial charge in [0.05, 0.1) is 13.3 Å². The zero-order valence-corrected chi connectivity index (χ0v) is 15.8. The number of para-hydroxylation sites is 1. The van der Waals surface area contributed by atoms with E-state index in [0.29, 0.717) is 34.6 Å². The largest absolute Gasteiger partial charge is 0.494 e. The number of benzene rings is 1. The van der Waals surface area contributed by atoms with Crippen molar-refractivity contribution in [1.82, 2.24) is 20.1 Å². The molecule has 0 atom stereocenters. The van der Waals surface area contributed by atoms with Gasteiger partial charge in [-0.3, -0.25) is 0 Å². The van der Waals surface area contributed by atoms with Crippen molar-refractivity contribution in [2.45, 2.75) is 6.92 Å². The summed E-state index contributed by atoms with van der Waals surface area (Å²) in [4.78, 5) is 4.70. The van der Waals surface area contributed by atoms with Gasteiger partial charge in [0.25, 0.3) is 0 Å². The van der Waals surface area contributed by atoms with Gasteiger partial charge < -0.3 is 15.4 Å². The van der Waals surface area contributed by atoms with Gasteiger partial charge in [0.2, 0.25) is 0 Å². The summed E-state index contributed by atoms with van der Waals surface area (Å²) < 4.78 is 6.99. The molecular formula is C19H18N6OS. The Labute approximate surface area is 162 Å². The van der Waals surface area contributed by atoms with Crippen molar-refractivity contribution in [1.29, 1.82) is 5.26 Å². The van der Waals surface area contributed by atoms with Crippen LogP contribution in [0, 0.1) is 18.3 Å². The van der Waals surface area contributed by atoms with E-state index >= 15 is 0 Å². The van der Waals surface area contributed by atoms with Gasteiger partial charge >= 0.3 is 0 Å². The van der Waals surface area contributed by atoms with Crippen LogP contribution in [0.4, 0.5) is 5.82 Å². The van der Waals surface area contributed by atoms with Crippen molar-refractivity contribution >= 4 is 34.1 Å². The fourth-order valence-corrected chi connectivity index (χ4v) is 2.87. The summed E-state index contributed by atoms with van der Waals surface area (Å²) in [7, 11) is 1.61. The summed E-state index contributed by atoms with van der Waals surface area (Å²) in [5.74, 6) is 1.67. The van der Waals surface area contributed by atoms with Crippen LogP contribution in [-0.4, -0.2) is 33.5 Å². The van der Waals surface area contributed by atoms with Gasteiger partial charge in [0.1, 0.15) is 22.9 Å². The summed E-state index contributed by atoms with van der Waals surface area (Å²) >= 11 is 5.27. The molecule has 0 amide bonds. The first kappa shape index (κ1) is 18.4. The number of nitrogens with zero attached hydrogens (tertiary/aromatic N) is 4. The van der Waals surface area contributed by atoms with E-state index in [1.54, 1.807) is 17.9 Å². The summed E-state index contributed by atoms with van der Waals surface area (Å²) in [6.45, 7) is 6.14. The van der Waals surface area contributed by atoms with Crippen LogP contribution in [0.5, 0.6) is 5.75 Å². The lowest BCUT2D eigenvalue weighted by molar-refractivity contribution is 0.419. The van der Waals surface area contributed by atoms with Gasteiger partial charge in [-0.15, -0.1) is 6.58 Å². The van der Waals surface area contributed by atoms with E-state index in [1.165, 1.54) is 6.20 Å². The molecule has 3 rings (SSSR count). The predicted molar refractivity (Wildman–Crippen MR) is 109 cm³/mol. The van der Waals surface area contributed by atoms with Crippen molar-refractivity contribution in [3.63, 3.8) is 0 Å². The number of thiocarbonyl (C=S) groups is 1. The lowest BCUT2D eigenvalue weighted by atomic mass is 10.1. The first-order valence-corrected chi connectivity index (χ1v) is 8.58. The number of hydrogen-bond acceptors (Lipinski definition) is 5. The molecule has 27 heavy (non-hydrogen) atoms. The van der Waals surface area contributed by atoms with Crippen LogP contribution < -0.4 is 15.4 Å². The van der Waals surface area contributed by atoms with Crippen molar-refractivity contribution in [3.8, 4) is 17.6 Å². The molecule has 0 saturated carbocycles. The molecule has 2 heterocycles. The summed E-state index contributed by atoms with van der Waals surface area (Å²) in [5.41, 5.74) is 2.10. The van der Waals surface area contributed by atoms with Crippen molar-refractivity contribution in [3.05, 3.63) is 54.2 Å². The Bertz CT molecular complexity index is 1070. The first-order chi connectivity index (χ1) is 13.1. The number of nitrogens with one attached hydrogen (secondary N) is 2. The highest BCUT2D eigenvalue weighted by molar-refractivity contribution is 7.80. The van der Waals surface area contributed by atoms with E-state index < -0.39 is 0 Å².